The zero-order chi connectivity index (χ0) is 16.4. The van der Waals surface area contributed by atoms with Crippen molar-refractivity contribution in [1.82, 2.24) is 20.0 Å². The summed E-state index contributed by atoms with van der Waals surface area (Å²) in [6.07, 6.45) is 6.51. The molecule has 2 amide bonds. The molecule has 1 aromatic heterocycles. The van der Waals surface area contributed by atoms with E-state index in [0.29, 0.717) is 19.4 Å². The number of carbonyl (C=O) groups excluding carboxylic acids is 1. The molecule has 1 saturated carbocycles. The number of halogens is 2. The van der Waals surface area contributed by atoms with E-state index in [0.717, 1.165) is 24.9 Å². The van der Waals surface area contributed by atoms with Gasteiger partial charge in [0.1, 0.15) is 0 Å². The smallest absolute Gasteiger partial charge is 0.317 e. The van der Waals surface area contributed by atoms with E-state index in [4.69, 9.17) is 0 Å². The Labute approximate surface area is 135 Å². The topological polar surface area (TPSA) is 50.2 Å². The zero-order valence-electron chi connectivity index (χ0n) is 13.5. The van der Waals surface area contributed by atoms with Crippen molar-refractivity contribution in [2.75, 3.05) is 13.1 Å². The van der Waals surface area contributed by atoms with Crippen LogP contribution in [0.1, 0.15) is 50.1 Å². The number of aromatic nitrogens is 2. The normalized spacial score (nSPS) is 24.8. The van der Waals surface area contributed by atoms with Crippen molar-refractivity contribution >= 4 is 6.03 Å². The van der Waals surface area contributed by atoms with Crippen LogP contribution in [-0.2, 0) is 7.05 Å². The highest BCUT2D eigenvalue weighted by atomic mass is 19.3. The van der Waals surface area contributed by atoms with E-state index < -0.39 is 5.92 Å². The molecular formula is C16H24F2N4O. The van der Waals surface area contributed by atoms with Crippen molar-refractivity contribution in [2.24, 2.45) is 13.0 Å². The van der Waals surface area contributed by atoms with Gasteiger partial charge in [-0.3, -0.25) is 4.68 Å². The van der Waals surface area contributed by atoms with Crippen LogP contribution in [0.3, 0.4) is 0 Å². The number of hydrogen-bond donors (Lipinski definition) is 1. The Morgan fingerprint density at radius 2 is 2.13 bits per heavy atom. The number of alkyl halides is 2. The van der Waals surface area contributed by atoms with E-state index in [-0.39, 0.29) is 30.8 Å². The number of rotatable bonds is 3. The molecule has 2 heterocycles. The minimum absolute atomic E-state index is 0.0600. The fourth-order valence-electron chi connectivity index (χ4n) is 3.61. The first-order chi connectivity index (χ1) is 10.9. The fraction of sp³-hybridized carbons (Fsp3) is 0.750. The number of nitrogens with zero attached hydrogens (tertiary/aromatic N) is 3. The summed E-state index contributed by atoms with van der Waals surface area (Å²) in [5, 5.41) is 7.12. The molecule has 1 N–H and O–H groups in total. The molecule has 1 aliphatic carbocycles. The molecule has 0 aromatic carbocycles. The van der Waals surface area contributed by atoms with Crippen LogP contribution >= 0.6 is 0 Å². The van der Waals surface area contributed by atoms with Crippen molar-refractivity contribution in [2.45, 2.75) is 50.5 Å². The van der Waals surface area contributed by atoms with Gasteiger partial charge in [0.2, 0.25) is 5.92 Å². The maximum atomic E-state index is 13.2. The van der Waals surface area contributed by atoms with E-state index in [1.165, 1.54) is 0 Å². The first kappa shape index (κ1) is 16.2. The number of hydrogen-bond acceptors (Lipinski definition) is 2. The summed E-state index contributed by atoms with van der Waals surface area (Å²) in [4.78, 5) is 14.3. The maximum Gasteiger partial charge on any atom is 0.317 e. The number of amides is 2. The van der Waals surface area contributed by atoms with Crippen molar-refractivity contribution in [3.8, 4) is 0 Å². The summed E-state index contributed by atoms with van der Waals surface area (Å²) in [6.45, 7) is 1.22. The predicted molar refractivity (Wildman–Crippen MR) is 82.2 cm³/mol. The number of carbonyl (C=O) groups is 1. The molecule has 1 atom stereocenters. The van der Waals surface area contributed by atoms with Crippen LogP contribution < -0.4 is 5.32 Å². The second kappa shape index (κ2) is 6.45. The second-order valence-electron chi connectivity index (χ2n) is 6.78. The van der Waals surface area contributed by atoms with E-state index in [2.05, 4.69) is 10.4 Å². The lowest BCUT2D eigenvalue weighted by molar-refractivity contribution is -0.0452. The van der Waals surface area contributed by atoms with Crippen LogP contribution in [0.2, 0.25) is 0 Å². The molecular weight excluding hydrogens is 302 g/mol. The van der Waals surface area contributed by atoms with Crippen molar-refractivity contribution in [3.05, 3.63) is 18.0 Å². The van der Waals surface area contributed by atoms with E-state index in [1.807, 2.05) is 18.1 Å². The van der Waals surface area contributed by atoms with Gasteiger partial charge in [0.05, 0.1) is 12.2 Å². The molecule has 3 rings (SSSR count). The zero-order valence-corrected chi connectivity index (χ0v) is 13.5. The van der Waals surface area contributed by atoms with Crippen molar-refractivity contribution in [3.63, 3.8) is 0 Å². The van der Waals surface area contributed by atoms with E-state index in [9.17, 15) is 13.6 Å². The van der Waals surface area contributed by atoms with Gasteiger partial charge in [0.15, 0.2) is 0 Å². The fourth-order valence-corrected chi connectivity index (χ4v) is 3.61. The standard InChI is InChI=1S/C16H24F2N4O/c1-21-11-13(10-20-21)14-3-2-8-22(14)15(23)19-9-12-4-6-16(17,18)7-5-12/h10-12,14H,2-9H2,1H3,(H,19,23). The van der Waals surface area contributed by atoms with Gasteiger partial charge in [-0.2, -0.15) is 5.10 Å². The van der Waals surface area contributed by atoms with E-state index in [1.54, 1.807) is 10.9 Å². The Morgan fingerprint density at radius 3 is 2.78 bits per heavy atom. The van der Waals surface area contributed by atoms with E-state index >= 15 is 0 Å². The van der Waals surface area contributed by atoms with Gasteiger partial charge in [-0.15, -0.1) is 0 Å². The average Bonchev–Trinajstić information content (AvgIpc) is 3.14. The first-order valence-electron chi connectivity index (χ1n) is 8.35. The number of aryl methyl sites for hydroxylation is 1. The summed E-state index contributed by atoms with van der Waals surface area (Å²) < 4.78 is 28.1. The summed E-state index contributed by atoms with van der Waals surface area (Å²) in [5.41, 5.74) is 1.05. The first-order valence-corrected chi connectivity index (χ1v) is 8.35. The lowest BCUT2D eigenvalue weighted by atomic mass is 9.87. The molecule has 1 saturated heterocycles. The third-order valence-corrected chi connectivity index (χ3v) is 5.00. The van der Waals surface area contributed by atoms with Gasteiger partial charge in [-0.1, -0.05) is 0 Å². The Bertz CT molecular complexity index is 550. The number of nitrogens with one attached hydrogen (secondary N) is 1. The molecule has 0 radical (unpaired) electrons. The third kappa shape index (κ3) is 3.82. The highest BCUT2D eigenvalue weighted by Gasteiger charge is 2.35. The van der Waals surface area contributed by atoms with Gasteiger partial charge in [-0.05, 0) is 31.6 Å². The van der Waals surface area contributed by atoms with Crippen LogP contribution in [0.15, 0.2) is 12.4 Å². The Balaban J connectivity index is 1.52. The minimum Gasteiger partial charge on any atom is -0.338 e. The molecule has 1 unspecified atom stereocenters. The molecule has 1 aromatic rings. The lowest BCUT2D eigenvalue weighted by Crippen LogP contribution is -2.42. The highest BCUT2D eigenvalue weighted by Crippen LogP contribution is 2.36. The van der Waals surface area contributed by atoms with Crippen molar-refractivity contribution in [1.29, 1.82) is 0 Å². The van der Waals surface area contributed by atoms with Gasteiger partial charge in [-0.25, -0.2) is 13.6 Å². The molecule has 2 fully saturated rings. The third-order valence-electron chi connectivity index (χ3n) is 5.00. The quantitative estimate of drug-likeness (QED) is 0.928. The van der Waals surface area contributed by atoms with Gasteiger partial charge in [0, 0.05) is 44.7 Å². The van der Waals surface area contributed by atoms with Gasteiger partial charge in [0.25, 0.3) is 0 Å². The van der Waals surface area contributed by atoms with Crippen molar-refractivity contribution < 1.29 is 13.6 Å². The van der Waals surface area contributed by atoms with Crippen LogP contribution in [-0.4, -0.2) is 39.7 Å². The average molecular weight is 326 g/mol. The Hall–Kier alpha value is -1.66. The maximum absolute atomic E-state index is 13.2. The summed E-state index contributed by atoms with van der Waals surface area (Å²) in [6, 6.07) is -0.0203. The molecule has 1 aliphatic heterocycles. The highest BCUT2D eigenvalue weighted by molar-refractivity contribution is 5.75. The molecule has 7 heteroatoms. The van der Waals surface area contributed by atoms with Crippen LogP contribution in [0, 0.1) is 5.92 Å². The number of likely N-dealkylation sites (tertiary alicyclic amines) is 1. The largest absolute Gasteiger partial charge is 0.338 e. The molecule has 0 spiro atoms. The monoisotopic (exact) mass is 326 g/mol. The number of urea groups is 1. The molecule has 128 valence electrons. The molecule has 23 heavy (non-hydrogen) atoms. The predicted octanol–water partition coefficient (Wildman–Crippen LogP) is 3.09. The molecule has 2 aliphatic rings. The lowest BCUT2D eigenvalue weighted by Gasteiger charge is -2.30. The summed E-state index contributed by atoms with van der Waals surface area (Å²) in [7, 11) is 1.86. The van der Waals surface area contributed by atoms with Crippen LogP contribution in [0.5, 0.6) is 0 Å². The second-order valence-corrected chi connectivity index (χ2v) is 6.78. The van der Waals surface area contributed by atoms with Gasteiger partial charge < -0.3 is 10.2 Å². The summed E-state index contributed by atoms with van der Waals surface area (Å²) >= 11 is 0. The van der Waals surface area contributed by atoms with Gasteiger partial charge >= 0.3 is 6.03 Å². The SMILES string of the molecule is Cn1cc(C2CCCN2C(=O)NCC2CCC(F)(F)CC2)cn1. The summed E-state index contributed by atoms with van der Waals surface area (Å²) in [5.74, 6) is -2.35. The Kier molecular flexibility index (Phi) is 4.55. The minimum atomic E-state index is -2.51. The molecule has 5 nitrogen and oxygen atoms in total. The van der Waals surface area contributed by atoms with Crippen LogP contribution in [0.25, 0.3) is 0 Å². The van der Waals surface area contributed by atoms with Crippen LogP contribution in [0.4, 0.5) is 13.6 Å². The Morgan fingerprint density at radius 1 is 1.39 bits per heavy atom. The molecule has 0 bridgehead atoms.